The van der Waals surface area contributed by atoms with Gasteiger partial charge in [0.1, 0.15) is 0 Å². The van der Waals surface area contributed by atoms with Crippen LogP contribution in [0.25, 0.3) is 0 Å². The molecule has 0 radical (unpaired) electrons. The molecule has 0 spiro atoms. The zero-order valence-electron chi connectivity index (χ0n) is 12.4. The summed E-state index contributed by atoms with van der Waals surface area (Å²) in [5.74, 6) is 0.809. The SMILES string of the molecule is CCC1CCc2sc(C(=O)NC(CC)CCO)cc2C1. The van der Waals surface area contributed by atoms with Crippen LogP contribution in [0.1, 0.15) is 59.6 Å². The average molecular weight is 295 g/mol. The highest BCUT2D eigenvalue weighted by Gasteiger charge is 2.22. The van der Waals surface area contributed by atoms with Gasteiger partial charge in [0, 0.05) is 17.5 Å². The molecule has 1 aromatic rings. The highest BCUT2D eigenvalue weighted by Crippen LogP contribution is 2.33. The van der Waals surface area contributed by atoms with E-state index >= 15 is 0 Å². The number of aliphatic hydroxyl groups is 1. The molecule has 0 bridgehead atoms. The van der Waals surface area contributed by atoms with Crippen LogP contribution in [0.3, 0.4) is 0 Å². The first kappa shape index (κ1) is 15.5. The second-order valence-electron chi connectivity index (χ2n) is 5.67. The van der Waals surface area contributed by atoms with Gasteiger partial charge in [-0.2, -0.15) is 0 Å². The monoisotopic (exact) mass is 295 g/mol. The van der Waals surface area contributed by atoms with Crippen molar-refractivity contribution in [3.63, 3.8) is 0 Å². The number of aliphatic hydroxyl groups excluding tert-OH is 1. The fraction of sp³-hybridized carbons (Fsp3) is 0.688. The van der Waals surface area contributed by atoms with Crippen LogP contribution >= 0.6 is 11.3 Å². The number of nitrogens with one attached hydrogen (secondary N) is 1. The smallest absolute Gasteiger partial charge is 0.261 e. The van der Waals surface area contributed by atoms with Crippen molar-refractivity contribution >= 4 is 17.2 Å². The van der Waals surface area contributed by atoms with Gasteiger partial charge in [-0.3, -0.25) is 4.79 Å². The van der Waals surface area contributed by atoms with Crippen LogP contribution < -0.4 is 5.32 Å². The van der Waals surface area contributed by atoms with Gasteiger partial charge < -0.3 is 10.4 Å². The van der Waals surface area contributed by atoms with E-state index in [-0.39, 0.29) is 18.6 Å². The van der Waals surface area contributed by atoms with Crippen molar-refractivity contribution in [1.29, 1.82) is 0 Å². The summed E-state index contributed by atoms with van der Waals surface area (Å²) in [5.41, 5.74) is 1.38. The number of carbonyl (C=O) groups excluding carboxylic acids is 1. The number of amides is 1. The summed E-state index contributed by atoms with van der Waals surface area (Å²) in [4.78, 5) is 14.5. The van der Waals surface area contributed by atoms with Crippen molar-refractivity contribution in [2.75, 3.05) is 6.61 Å². The molecule has 1 aromatic heterocycles. The van der Waals surface area contributed by atoms with E-state index < -0.39 is 0 Å². The molecule has 20 heavy (non-hydrogen) atoms. The minimum Gasteiger partial charge on any atom is -0.396 e. The Labute approximate surface area is 125 Å². The fourth-order valence-electron chi connectivity index (χ4n) is 2.85. The Morgan fingerprint density at radius 2 is 2.35 bits per heavy atom. The maximum Gasteiger partial charge on any atom is 0.261 e. The minimum absolute atomic E-state index is 0.0257. The van der Waals surface area contributed by atoms with E-state index in [0.717, 1.165) is 30.1 Å². The predicted octanol–water partition coefficient (Wildman–Crippen LogP) is 3.15. The molecule has 1 amide bonds. The maximum atomic E-state index is 12.3. The van der Waals surface area contributed by atoms with Crippen molar-refractivity contribution in [3.05, 3.63) is 21.4 Å². The average Bonchev–Trinajstić information content (AvgIpc) is 2.89. The number of carbonyl (C=O) groups is 1. The molecule has 1 aliphatic rings. The molecule has 2 rings (SSSR count). The van der Waals surface area contributed by atoms with Crippen molar-refractivity contribution in [2.24, 2.45) is 5.92 Å². The Kier molecular flexibility index (Phi) is 5.61. The molecule has 2 N–H and O–H groups in total. The Balaban J connectivity index is 2.03. The molecule has 3 nitrogen and oxygen atoms in total. The largest absolute Gasteiger partial charge is 0.396 e. The van der Waals surface area contributed by atoms with Gasteiger partial charge in [0.25, 0.3) is 5.91 Å². The van der Waals surface area contributed by atoms with Gasteiger partial charge in [0.15, 0.2) is 0 Å². The molecule has 1 aliphatic carbocycles. The van der Waals surface area contributed by atoms with Gasteiger partial charge in [0.2, 0.25) is 0 Å². The third-order valence-electron chi connectivity index (χ3n) is 4.29. The lowest BCUT2D eigenvalue weighted by molar-refractivity contribution is 0.0933. The molecule has 0 fully saturated rings. The number of hydrogen-bond acceptors (Lipinski definition) is 3. The standard InChI is InChI=1S/C16H25NO2S/c1-3-11-5-6-14-12(9-11)10-15(20-14)16(19)17-13(4-2)7-8-18/h10-11,13,18H,3-9H2,1-2H3,(H,17,19). The molecule has 0 saturated heterocycles. The summed E-state index contributed by atoms with van der Waals surface area (Å²) in [6, 6.07) is 2.16. The first-order chi connectivity index (χ1) is 9.67. The fourth-order valence-corrected chi connectivity index (χ4v) is 3.96. The molecule has 2 atom stereocenters. The van der Waals surface area contributed by atoms with Crippen LogP contribution in [-0.2, 0) is 12.8 Å². The molecule has 0 aliphatic heterocycles. The Bertz CT molecular complexity index is 455. The molecular weight excluding hydrogens is 270 g/mol. The summed E-state index contributed by atoms with van der Waals surface area (Å²) in [7, 11) is 0. The van der Waals surface area contributed by atoms with Crippen LogP contribution in [0.5, 0.6) is 0 Å². The Morgan fingerprint density at radius 3 is 3.00 bits per heavy atom. The normalized spacial score (nSPS) is 19.4. The highest BCUT2D eigenvalue weighted by molar-refractivity contribution is 7.14. The van der Waals surface area contributed by atoms with Crippen molar-refractivity contribution in [1.82, 2.24) is 5.32 Å². The van der Waals surface area contributed by atoms with E-state index in [4.69, 9.17) is 5.11 Å². The highest BCUT2D eigenvalue weighted by atomic mass is 32.1. The summed E-state index contributed by atoms with van der Waals surface area (Å²) in [5, 5.41) is 12.0. The van der Waals surface area contributed by atoms with E-state index in [0.29, 0.717) is 6.42 Å². The van der Waals surface area contributed by atoms with Gasteiger partial charge in [-0.25, -0.2) is 0 Å². The lowest BCUT2D eigenvalue weighted by Gasteiger charge is -2.19. The van der Waals surface area contributed by atoms with Crippen molar-refractivity contribution < 1.29 is 9.90 Å². The number of fused-ring (bicyclic) bond motifs is 1. The van der Waals surface area contributed by atoms with E-state index in [1.54, 1.807) is 11.3 Å². The van der Waals surface area contributed by atoms with Gasteiger partial charge in [-0.05, 0) is 49.7 Å². The second-order valence-corrected chi connectivity index (χ2v) is 6.80. The Morgan fingerprint density at radius 1 is 1.55 bits per heavy atom. The van der Waals surface area contributed by atoms with E-state index in [1.807, 2.05) is 6.92 Å². The molecule has 1 heterocycles. The quantitative estimate of drug-likeness (QED) is 0.847. The van der Waals surface area contributed by atoms with Crippen LogP contribution in [0.15, 0.2) is 6.07 Å². The van der Waals surface area contributed by atoms with E-state index in [2.05, 4.69) is 18.3 Å². The van der Waals surface area contributed by atoms with Crippen molar-refractivity contribution in [2.45, 2.75) is 58.4 Å². The first-order valence-electron chi connectivity index (χ1n) is 7.71. The number of aryl methyl sites for hydroxylation is 1. The number of thiophene rings is 1. The summed E-state index contributed by atoms with van der Waals surface area (Å²) in [6.07, 6.45) is 6.22. The van der Waals surface area contributed by atoms with Crippen LogP contribution in [0, 0.1) is 5.92 Å². The molecule has 4 heteroatoms. The molecular formula is C16H25NO2S. The van der Waals surface area contributed by atoms with Gasteiger partial charge in [-0.15, -0.1) is 11.3 Å². The molecule has 112 valence electrons. The third-order valence-corrected chi connectivity index (χ3v) is 5.53. The summed E-state index contributed by atoms with van der Waals surface area (Å²) < 4.78 is 0. The van der Waals surface area contributed by atoms with Crippen molar-refractivity contribution in [3.8, 4) is 0 Å². The lowest BCUT2D eigenvalue weighted by atomic mass is 9.87. The lowest BCUT2D eigenvalue weighted by Crippen LogP contribution is -2.34. The molecule has 0 saturated carbocycles. The van der Waals surface area contributed by atoms with Gasteiger partial charge >= 0.3 is 0 Å². The predicted molar refractivity (Wildman–Crippen MR) is 83.4 cm³/mol. The second kappa shape index (κ2) is 7.23. The topological polar surface area (TPSA) is 49.3 Å². The number of rotatable bonds is 6. The molecule has 2 unspecified atom stereocenters. The zero-order valence-corrected chi connectivity index (χ0v) is 13.3. The number of hydrogen-bond donors (Lipinski definition) is 2. The minimum atomic E-state index is 0.0257. The maximum absolute atomic E-state index is 12.3. The van der Waals surface area contributed by atoms with Crippen LogP contribution in [0.4, 0.5) is 0 Å². The molecule has 0 aromatic carbocycles. The van der Waals surface area contributed by atoms with Crippen LogP contribution in [-0.4, -0.2) is 23.7 Å². The van der Waals surface area contributed by atoms with E-state index in [1.165, 1.54) is 23.3 Å². The third kappa shape index (κ3) is 3.61. The summed E-state index contributed by atoms with van der Waals surface area (Å²) in [6.45, 7) is 4.40. The van der Waals surface area contributed by atoms with Gasteiger partial charge in [0.05, 0.1) is 4.88 Å². The van der Waals surface area contributed by atoms with Gasteiger partial charge in [-0.1, -0.05) is 20.3 Å². The first-order valence-corrected chi connectivity index (χ1v) is 8.52. The zero-order chi connectivity index (χ0) is 14.5. The van der Waals surface area contributed by atoms with Crippen LogP contribution in [0.2, 0.25) is 0 Å². The summed E-state index contributed by atoms with van der Waals surface area (Å²) >= 11 is 1.65. The Hall–Kier alpha value is -0.870. The van der Waals surface area contributed by atoms with E-state index in [9.17, 15) is 4.79 Å².